The van der Waals surface area contributed by atoms with Crippen molar-refractivity contribution in [3.05, 3.63) is 11.6 Å². The van der Waals surface area contributed by atoms with Gasteiger partial charge in [-0.15, -0.1) is 0 Å². The van der Waals surface area contributed by atoms with Crippen molar-refractivity contribution in [1.29, 1.82) is 0 Å². The Kier molecular flexibility index (Phi) is 3.48. The van der Waals surface area contributed by atoms with Crippen LogP contribution in [0.5, 0.6) is 0 Å². The second kappa shape index (κ2) is 4.42. The summed E-state index contributed by atoms with van der Waals surface area (Å²) in [5, 5.41) is 11.8. The molecule has 0 saturated heterocycles. The number of nitrogens with one attached hydrogen (secondary N) is 1. The van der Waals surface area contributed by atoms with E-state index in [2.05, 4.69) is 12.2 Å². The Balaban J connectivity index is 2.15. The standard InChI is InChI=1S/C10H17NO2/c1-7-3-9(4-7)11-6-8(2)5-10(12)13/h5,7,9,11H,3-4,6H2,1-2H3,(H,12,13). The van der Waals surface area contributed by atoms with Crippen LogP contribution in [0.4, 0.5) is 0 Å². The zero-order chi connectivity index (χ0) is 9.84. The topological polar surface area (TPSA) is 49.3 Å². The van der Waals surface area contributed by atoms with Gasteiger partial charge in [0.1, 0.15) is 0 Å². The van der Waals surface area contributed by atoms with Crippen LogP contribution in [0.1, 0.15) is 26.7 Å². The van der Waals surface area contributed by atoms with Crippen molar-refractivity contribution in [2.45, 2.75) is 32.7 Å². The molecule has 0 aliphatic heterocycles. The maximum atomic E-state index is 10.3. The summed E-state index contributed by atoms with van der Waals surface area (Å²) in [5.74, 6) is -0.0254. The summed E-state index contributed by atoms with van der Waals surface area (Å²) >= 11 is 0. The van der Waals surface area contributed by atoms with Gasteiger partial charge in [-0.2, -0.15) is 0 Å². The van der Waals surface area contributed by atoms with Gasteiger partial charge in [-0.3, -0.25) is 0 Å². The fourth-order valence-electron chi connectivity index (χ4n) is 1.64. The van der Waals surface area contributed by atoms with Crippen molar-refractivity contribution in [3.8, 4) is 0 Å². The van der Waals surface area contributed by atoms with Crippen LogP contribution in [0.2, 0.25) is 0 Å². The SMILES string of the molecule is CC(=CC(=O)O)CNC1CC(C)C1. The van der Waals surface area contributed by atoms with E-state index in [1.165, 1.54) is 18.9 Å². The number of hydrogen-bond acceptors (Lipinski definition) is 2. The molecular weight excluding hydrogens is 166 g/mol. The maximum Gasteiger partial charge on any atom is 0.328 e. The van der Waals surface area contributed by atoms with Gasteiger partial charge in [0.25, 0.3) is 0 Å². The summed E-state index contributed by atoms with van der Waals surface area (Å²) < 4.78 is 0. The van der Waals surface area contributed by atoms with Crippen molar-refractivity contribution in [2.24, 2.45) is 5.92 Å². The van der Waals surface area contributed by atoms with Crippen LogP contribution in [-0.2, 0) is 4.79 Å². The van der Waals surface area contributed by atoms with Crippen molar-refractivity contribution < 1.29 is 9.90 Å². The number of carboxylic acids is 1. The molecule has 0 heterocycles. The number of rotatable bonds is 4. The highest BCUT2D eigenvalue weighted by Crippen LogP contribution is 2.26. The molecule has 2 N–H and O–H groups in total. The first-order valence-corrected chi connectivity index (χ1v) is 4.71. The lowest BCUT2D eigenvalue weighted by Crippen LogP contribution is -2.40. The zero-order valence-electron chi connectivity index (χ0n) is 8.21. The van der Waals surface area contributed by atoms with Gasteiger partial charge in [0.05, 0.1) is 0 Å². The second-order valence-corrected chi connectivity index (χ2v) is 3.98. The van der Waals surface area contributed by atoms with E-state index in [1.54, 1.807) is 0 Å². The molecule has 0 aromatic rings. The number of carboxylic acid groups (broad SMARTS) is 1. The number of aliphatic carboxylic acids is 1. The predicted octanol–water partition coefficient (Wildman–Crippen LogP) is 1.41. The van der Waals surface area contributed by atoms with Gasteiger partial charge in [0.2, 0.25) is 0 Å². The Morgan fingerprint density at radius 2 is 2.23 bits per heavy atom. The summed E-state index contributed by atoms with van der Waals surface area (Å²) in [5.41, 5.74) is 0.882. The van der Waals surface area contributed by atoms with E-state index in [1.807, 2.05) is 6.92 Å². The minimum atomic E-state index is -0.860. The first-order valence-electron chi connectivity index (χ1n) is 4.71. The number of hydrogen-bond donors (Lipinski definition) is 2. The highest BCUT2D eigenvalue weighted by atomic mass is 16.4. The van der Waals surface area contributed by atoms with Gasteiger partial charge >= 0.3 is 5.97 Å². The molecule has 3 nitrogen and oxygen atoms in total. The van der Waals surface area contributed by atoms with E-state index >= 15 is 0 Å². The Morgan fingerprint density at radius 1 is 1.62 bits per heavy atom. The Hall–Kier alpha value is -0.830. The third kappa shape index (κ3) is 3.59. The van der Waals surface area contributed by atoms with Crippen LogP contribution in [0.15, 0.2) is 11.6 Å². The van der Waals surface area contributed by atoms with E-state index < -0.39 is 5.97 Å². The van der Waals surface area contributed by atoms with Gasteiger partial charge < -0.3 is 10.4 Å². The Bertz CT molecular complexity index is 217. The van der Waals surface area contributed by atoms with Gasteiger partial charge in [-0.05, 0) is 25.7 Å². The van der Waals surface area contributed by atoms with Crippen LogP contribution in [0, 0.1) is 5.92 Å². The van der Waals surface area contributed by atoms with Gasteiger partial charge in [0.15, 0.2) is 0 Å². The average Bonchev–Trinajstić information content (AvgIpc) is 1.94. The molecule has 0 aromatic carbocycles. The second-order valence-electron chi connectivity index (χ2n) is 3.98. The molecule has 0 amide bonds. The molecule has 0 spiro atoms. The molecule has 0 atom stereocenters. The lowest BCUT2D eigenvalue weighted by molar-refractivity contribution is -0.131. The first kappa shape index (κ1) is 10.3. The summed E-state index contributed by atoms with van der Waals surface area (Å²) in [6.45, 7) is 4.77. The summed E-state index contributed by atoms with van der Waals surface area (Å²) in [4.78, 5) is 10.3. The van der Waals surface area contributed by atoms with E-state index in [-0.39, 0.29) is 0 Å². The lowest BCUT2D eigenvalue weighted by Gasteiger charge is -2.33. The zero-order valence-corrected chi connectivity index (χ0v) is 8.21. The molecule has 0 bridgehead atoms. The van der Waals surface area contributed by atoms with Crippen LogP contribution in [-0.4, -0.2) is 23.7 Å². The fourth-order valence-corrected chi connectivity index (χ4v) is 1.64. The molecule has 0 unspecified atom stereocenters. The highest BCUT2D eigenvalue weighted by molar-refractivity contribution is 5.80. The summed E-state index contributed by atoms with van der Waals surface area (Å²) in [7, 11) is 0. The van der Waals surface area contributed by atoms with Crippen LogP contribution >= 0.6 is 0 Å². The average molecular weight is 183 g/mol. The molecule has 1 rings (SSSR count). The predicted molar refractivity (Wildman–Crippen MR) is 51.6 cm³/mol. The third-order valence-corrected chi connectivity index (χ3v) is 2.41. The van der Waals surface area contributed by atoms with Crippen molar-refractivity contribution >= 4 is 5.97 Å². The Labute approximate surface area is 78.8 Å². The van der Waals surface area contributed by atoms with Gasteiger partial charge in [-0.1, -0.05) is 12.5 Å². The molecule has 1 fully saturated rings. The van der Waals surface area contributed by atoms with Gasteiger partial charge in [-0.25, -0.2) is 4.79 Å². The minimum Gasteiger partial charge on any atom is -0.478 e. The normalized spacial score (nSPS) is 28.3. The largest absolute Gasteiger partial charge is 0.478 e. The highest BCUT2D eigenvalue weighted by Gasteiger charge is 2.24. The molecule has 1 aliphatic carbocycles. The van der Waals surface area contributed by atoms with E-state index in [4.69, 9.17) is 5.11 Å². The third-order valence-electron chi connectivity index (χ3n) is 2.41. The van der Waals surface area contributed by atoms with Crippen LogP contribution < -0.4 is 5.32 Å². The van der Waals surface area contributed by atoms with E-state index in [0.717, 1.165) is 11.5 Å². The molecule has 74 valence electrons. The molecule has 1 saturated carbocycles. The van der Waals surface area contributed by atoms with Crippen molar-refractivity contribution in [2.75, 3.05) is 6.54 Å². The minimum absolute atomic E-state index is 0.604. The molecule has 13 heavy (non-hydrogen) atoms. The smallest absolute Gasteiger partial charge is 0.328 e. The quantitative estimate of drug-likeness (QED) is 0.648. The number of carbonyl (C=O) groups is 1. The van der Waals surface area contributed by atoms with Crippen molar-refractivity contribution in [1.82, 2.24) is 5.32 Å². The van der Waals surface area contributed by atoms with Crippen LogP contribution in [0.25, 0.3) is 0 Å². The molecule has 0 aromatic heterocycles. The molecular formula is C10H17NO2. The van der Waals surface area contributed by atoms with Gasteiger partial charge in [0, 0.05) is 18.7 Å². The van der Waals surface area contributed by atoms with Crippen LogP contribution in [0.3, 0.4) is 0 Å². The van der Waals surface area contributed by atoms with E-state index in [0.29, 0.717) is 12.6 Å². The lowest BCUT2D eigenvalue weighted by atomic mass is 9.82. The maximum absolute atomic E-state index is 10.3. The fraction of sp³-hybridized carbons (Fsp3) is 0.700. The summed E-state index contributed by atoms with van der Waals surface area (Å²) in [6.07, 6.45) is 3.70. The Morgan fingerprint density at radius 3 is 2.69 bits per heavy atom. The molecule has 1 aliphatic rings. The van der Waals surface area contributed by atoms with Crippen molar-refractivity contribution in [3.63, 3.8) is 0 Å². The molecule has 3 heteroatoms. The molecule has 0 radical (unpaired) electrons. The first-order chi connectivity index (χ1) is 6.08. The van der Waals surface area contributed by atoms with E-state index in [9.17, 15) is 4.79 Å². The summed E-state index contributed by atoms with van der Waals surface area (Å²) in [6, 6.07) is 0.604. The monoisotopic (exact) mass is 183 g/mol.